The first-order valence-electron chi connectivity index (χ1n) is 4.81. The van der Waals surface area contributed by atoms with E-state index in [9.17, 15) is 4.39 Å². The van der Waals surface area contributed by atoms with Crippen molar-refractivity contribution < 1.29 is 4.39 Å². The standard InChI is InChI=1S/C12H13FN2/c1-15-8-4-7-11(15)12(14)9-5-2-3-6-10(9)13/h2-8,12H,14H2,1H3. The van der Waals surface area contributed by atoms with Gasteiger partial charge >= 0.3 is 0 Å². The molecule has 1 heterocycles. The van der Waals surface area contributed by atoms with E-state index in [0.29, 0.717) is 5.56 Å². The lowest BCUT2D eigenvalue weighted by atomic mass is 10.0. The normalized spacial score (nSPS) is 12.7. The zero-order valence-electron chi connectivity index (χ0n) is 8.52. The van der Waals surface area contributed by atoms with E-state index in [1.807, 2.05) is 29.9 Å². The van der Waals surface area contributed by atoms with Gasteiger partial charge in [0.2, 0.25) is 0 Å². The fourth-order valence-corrected chi connectivity index (χ4v) is 1.68. The number of aromatic nitrogens is 1. The first-order chi connectivity index (χ1) is 7.20. The van der Waals surface area contributed by atoms with Gasteiger partial charge < -0.3 is 10.3 Å². The van der Waals surface area contributed by atoms with Crippen molar-refractivity contribution in [3.05, 3.63) is 59.7 Å². The smallest absolute Gasteiger partial charge is 0.128 e. The summed E-state index contributed by atoms with van der Waals surface area (Å²) in [6.07, 6.45) is 1.90. The van der Waals surface area contributed by atoms with Crippen LogP contribution in [0.3, 0.4) is 0 Å². The summed E-state index contributed by atoms with van der Waals surface area (Å²) in [5.41, 5.74) is 7.43. The number of rotatable bonds is 2. The van der Waals surface area contributed by atoms with Crippen molar-refractivity contribution in [2.75, 3.05) is 0 Å². The molecule has 0 aliphatic heterocycles. The molecule has 2 N–H and O–H groups in total. The van der Waals surface area contributed by atoms with E-state index in [-0.39, 0.29) is 5.82 Å². The van der Waals surface area contributed by atoms with Crippen LogP contribution < -0.4 is 5.73 Å². The molecular weight excluding hydrogens is 191 g/mol. The molecule has 0 saturated heterocycles. The minimum atomic E-state index is -0.411. The Kier molecular flexibility index (Phi) is 2.56. The number of hydrogen-bond donors (Lipinski definition) is 1. The second-order valence-electron chi connectivity index (χ2n) is 3.54. The van der Waals surface area contributed by atoms with Gasteiger partial charge in [0.1, 0.15) is 5.82 Å². The average molecular weight is 204 g/mol. The maximum absolute atomic E-state index is 13.5. The van der Waals surface area contributed by atoms with E-state index in [0.717, 1.165) is 5.69 Å². The van der Waals surface area contributed by atoms with Gasteiger partial charge in [0, 0.05) is 24.5 Å². The van der Waals surface area contributed by atoms with Crippen LogP contribution in [0.15, 0.2) is 42.6 Å². The number of hydrogen-bond acceptors (Lipinski definition) is 1. The van der Waals surface area contributed by atoms with Crippen molar-refractivity contribution in [3.8, 4) is 0 Å². The third-order valence-electron chi connectivity index (χ3n) is 2.54. The van der Waals surface area contributed by atoms with E-state index >= 15 is 0 Å². The zero-order valence-corrected chi connectivity index (χ0v) is 8.52. The third kappa shape index (κ3) is 1.78. The Morgan fingerprint density at radius 1 is 1.20 bits per heavy atom. The summed E-state index contributed by atoms with van der Waals surface area (Å²) < 4.78 is 15.4. The summed E-state index contributed by atoms with van der Waals surface area (Å²) in [5, 5.41) is 0. The van der Waals surface area contributed by atoms with Crippen LogP contribution in [0.5, 0.6) is 0 Å². The molecule has 3 heteroatoms. The highest BCUT2D eigenvalue weighted by atomic mass is 19.1. The topological polar surface area (TPSA) is 30.9 Å². The number of halogens is 1. The first kappa shape index (κ1) is 9.93. The quantitative estimate of drug-likeness (QED) is 0.798. The molecule has 0 aliphatic rings. The molecule has 0 amide bonds. The molecule has 0 saturated carbocycles. The van der Waals surface area contributed by atoms with Crippen molar-refractivity contribution in [2.24, 2.45) is 12.8 Å². The number of nitrogens with two attached hydrogens (primary N) is 1. The Bertz CT molecular complexity index is 462. The number of benzene rings is 1. The van der Waals surface area contributed by atoms with Crippen LogP contribution in [0.4, 0.5) is 4.39 Å². The summed E-state index contributed by atoms with van der Waals surface area (Å²) in [4.78, 5) is 0. The molecule has 2 nitrogen and oxygen atoms in total. The van der Waals surface area contributed by atoms with Gasteiger partial charge in [0.15, 0.2) is 0 Å². The van der Waals surface area contributed by atoms with Gasteiger partial charge in [0.05, 0.1) is 6.04 Å². The van der Waals surface area contributed by atoms with E-state index in [1.165, 1.54) is 6.07 Å². The minimum absolute atomic E-state index is 0.258. The van der Waals surface area contributed by atoms with Gasteiger partial charge in [0.25, 0.3) is 0 Å². The van der Waals surface area contributed by atoms with Gasteiger partial charge in [-0.25, -0.2) is 4.39 Å². The maximum atomic E-state index is 13.5. The molecule has 1 aromatic carbocycles. The monoisotopic (exact) mass is 204 g/mol. The summed E-state index contributed by atoms with van der Waals surface area (Å²) in [5.74, 6) is -0.258. The van der Waals surface area contributed by atoms with E-state index < -0.39 is 6.04 Å². The van der Waals surface area contributed by atoms with Gasteiger partial charge in [-0.2, -0.15) is 0 Å². The molecule has 0 spiro atoms. The van der Waals surface area contributed by atoms with E-state index in [4.69, 9.17) is 5.73 Å². The fraction of sp³-hybridized carbons (Fsp3) is 0.167. The predicted octanol–water partition coefficient (Wildman–Crippen LogP) is 2.21. The molecule has 1 aromatic heterocycles. The molecule has 0 radical (unpaired) electrons. The summed E-state index contributed by atoms with van der Waals surface area (Å²) in [6.45, 7) is 0. The number of nitrogens with zero attached hydrogens (tertiary/aromatic N) is 1. The van der Waals surface area contributed by atoms with Crippen molar-refractivity contribution in [3.63, 3.8) is 0 Å². The fourth-order valence-electron chi connectivity index (χ4n) is 1.68. The van der Waals surface area contributed by atoms with Crippen LogP contribution in [0.2, 0.25) is 0 Å². The van der Waals surface area contributed by atoms with E-state index in [2.05, 4.69) is 0 Å². The van der Waals surface area contributed by atoms with Gasteiger partial charge in [-0.05, 0) is 18.2 Å². The van der Waals surface area contributed by atoms with Crippen molar-refractivity contribution in [2.45, 2.75) is 6.04 Å². The highest BCUT2D eigenvalue weighted by molar-refractivity contribution is 5.29. The molecule has 0 aliphatic carbocycles. The van der Waals surface area contributed by atoms with Gasteiger partial charge in [-0.1, -0.05) is 18.2 Å². The summed E-state index contributed by atoms with van der Waals surface area (Å²) in [6, 6.07) is 9.99. The Balaban J connectivity index is 2.41. The van der Waals surface area contributed by atoms with Crippen LogP contribution in [0.1, 0.15) is 17.3 Å². The SMILES string of the molecule is Cn1cccc1C(N)c1ccccc1F. The Labute approximate surface area is 88.1 Å². The average Bonchev–Trinajstić information content (AvgIpc) is 2.64. The van der Waals surface area contributed by atoms with Gasteiger partial charge in [-0.15, -0.1) is 0 Å². The maximum Gasteiger partial charge on any atom is 0.128 e. The lowest BCUT2D eigenvalue weighted by Crippen LogP contribution is -2.16. The van der Waals surface area contributed by atoms with Crippen molar-refractivity contribution >= 4 is 0 Å². The highest BCUT2D eigenvalue weighted by Crippen LogP contribution is 2.21. The Hall–Kier alpha value is -1.61. The van der Waals surface area contributed by atoms with Crippen LogP contribution in [0, 0.1) is 5.82 Å². The largest absolute Gasteiger partial charge is 0.353 e. The second kappa shape index (κ2) is 3.87. The van der Waals surface area contributed by atoms with Crippen molar-refractivity contribution in [1.82, 2.24) is 4.57 Å². The molecule has 2 aromatic rings. The Morgan fingerprint density at radius 3 is 2.53 bits per heavy atom. The molecule has 2 rings (SSSR count). The van der Waals surface area contributed by atoms with E-state index in [1.54, 1.807) is 18.2 Å². The van der Waals surface area contributed by atoms with Crippen molar-refractivity contribution in [1.29, 1.82) is 0 Å². The van der Waals surface area contributed by atoms with Crippen LogP contribution in [-0.4, -0.2) is 4.57 Å². The zero-order chi connectivity index (χ0) is 10.8. The summed E-state index contributed by atoms with van der Waals surface area (Å²) in [7, 11) is 1.90. The molecular formula is C12H13FN2. The molecule has 0 bridgehead atoms. The van der Waals surface area contributed by atoms with Gasteiger partial charge in [-0.3, -0.25) is 0 Å². The lowest BCUT2D eigenvalue weighted by Gasteiger charge is -2.13. The highest BCUT2D eigenvalue weighted by Gasteiger charge is 2.14. The summed E-state index contributed by atoms with van der Waals surface area (Å²) >= 11 is 0. The molecule has 15 heavy (non-hydrogen) atoms. The molecule has 1 unspecified atom stereocenters. The third-order valence-corrected chi connectivity index (χ3v) is 2.54. The number of aryl methyl sites for hydroxylation is 1. The van der Waals surface area contributed by atoms with Crippen LogP contribution in [-0.2, 0) is 7.05 Å². The lowest BCUT2D eigenvalue weighted by molar-refractivity contribution is 0.593. The minimum Gasteiger partial charge on any atom is -0.353 e. The van der Waals surface area contributed by atoms with Crippen LogP contribution in [0.25, 0.3) is 0 Å². The molecule has 1 atom stereocenters. The molecule has 0 fully saturated rings. The second-order valence-corrected chi connectivity index (χ2v) is 3.54. The molecule has 78 valence electrons. The van der Waals surface area contributed by atoms with Crippen LogP contribution >= 0.6 is 0 Å². The predicted molar refractivity (Wildman–Crippen MR) is 57.8 cm³/mol. The first-order valence-corrected chi connectivity index (χ1v) is 4.81. The Morgan fingerprint density at radius 2 is 1.93 bits per heavy atom.